The van der Waals surface area contributed by atoms with E-state index in [0.717, 1.165) is 22.4 Å². The number of hydrogen-bond donors (Lipinski definition) is 1. The second-order valence-corrected chi connectivity index (χ2v) is 4.56. The van der Waals surface area contributed by atoms with Crippen molar-refractivity contribution in [2.45, 2.75) is 39.7 Å². The Morgan fingerprint density at radius 1 is 1.45 bits per heavy atom. The highest BCUT2D eigenvalue weighted by Gasteiger charge is 2.16. The Bertz CT molecular complexity index is 537. The summed E-state index contributed by atoms with van der Waals surface area (Å²) in [5.74, 6) is -0.102. The van der Waals surface area contributed by atoms with E-state index < -0.39 is 12.0 Å². The fourth-order valence-electron chi connectivity index (χ4n) is 2.08. The summed E-state index contributed by atoms with van der Waals surface area (Å²) in [6.07, 6.45) is 0.253. The molecule has 1 unspecified atom stereocenters. The molecule has 0 amide bonds. The molecule has 6 nitrogen and oxygen atoms in total. The van der Waals surface area contributed by atoms with Crippen molar-refractivity contribution in [3.8, 4) is 5.75 Å². The second kappa shape index (κ2) is 7.40. The molecular formula is C14H19N3O3. The summed E-state index contributed by atoms with van der Waals surface area (Å²) in [4.78, 5) is 13.5. The molecule has 108 valence electrons. The van der Waals surface area contributed by atoms with E-state index in [9.17, 15) is 4.79 Å². The Hall–Kier alpha value is -2.20. The van der Waals surface area contributed by atoms with Crippen molar-refractivity contribution in [1.82, 2.24) is 0 Å². The average molecular weight is 277 g/mol. The van der Waals surface area contributed by atoms with Crippen LogP contribution in [0.2, 0.25) is 0 Å². The molecule has 1 atom stereocenters. The Kier molecular flexibility index (Phi) is 5.87. The number of aryl methyl sites for hydroxylation is 2. The van der Waals surface area contributed by atoms with E-state index in [1.54, 1.807) is 0 Å². The molecule has 0 bridgehead atoms. The largest absolute Gasteiger partial charge is 0.494 e. The number of aliphatic carboxylic acids is 1. The molecule has 0 saturated heterocycles. The van der Waals surface area contributed by atoms with Gasteiger partial charge < -0.3 is 9.84 Å². The summed E-state index contributed by atoms with van der Waals surface area (Å²) in [5, 5.41) is 12.5. The molecule has 1 rings (SSSR count). The predicted molar refractivity (Wildman–Crippen MR) is 75.8 cm³/mol. The maximum absolute atomic E-state index is 10.7. The van der Waals surface area contributed by atoms with Crippen LogP contribution >= 0.6 is 0 Å². The van der Waals surface area contributed by atoms with E-state index in [0.29, 0.717) is 6.61 Å². The minimum Gasteiger partial charge on any atom is -0.494 e. The molecule has 0 aliphatic carbocycles. The average Bonchev–Trinajstić information content (AvgIpc) is 2.39. The number of carbonyl (C=O) groups is 1. The molecule has 1 N–H and O–H groups in total. The third-order valence-corrected chi connectivity index (χ3v) is 3.05. The predicted octanol–water partition coefficient (Wildman–Crippen LogP) is 3.92. The van der Waals surface area contributed by atoms with E-state index in [1.165, 1.54) is 0 Å². The molecule has 0 radical (unpaired) electrons. The first-order chi connectivity index (χ1) is 9.49. The number of nitrogens with zero attached hydrogens (tertiary/aromatic N) is 3. The van der Waals surface area contributed by atoms with Crippen LogP contribution in [0.4, 0.5) is 0 Å². The van der Waals surface area contributed by atoms with Crippen LogP contribution < -0.4 is 4.74 Å². The van der Waals surface area contributed by atoms with Gasteiger partial charge in [-0.25, -0.2) is 0 Å². The molecule has 20 heavy (non-hydrogen) atoms. The summed E-state index contributed by atoms with van der Waals surface area (Å²) in [7, 11) is 0. The van der Waals surface area contributed by atoms with Gasteiger partial charge in [0, 0.05) is 11.3 Å². The monoisotopic (exact) mass is 277 g/mol. The van der Waals surface area contributed by atoms with Gasteiger partial charge in [0.05, 0.1) is 12.6 Å². The Morgan fingerprint density at radius 3 is 2.70 bits per heavy atom. The number of ether oxygens (including phenoxy) is 1. The molecule has 0 fully saturated rings. The Balaban J connectivity index is 3.10. The molecular weight excluding hydrogens is 258 g/mol. The van der Waals surface area contributed by atoms with Gasteiger partial charge in [-0.15, -0.1) is 0 Å². The van der Waals surface area contributed by atoms with Crippen LogP contribution in [0, 0.1) is 13.8 Å². The van der Waals surface area contributed by atoms with Crippen LogP contribution in [0.1, 0.15) is 42.5 Å². The molecule has 1 aromatic rings. The molecule has 0 saturated carbocycles. The molecule has 0 aromatic heterocycles. The summed E-state index contributed by atoms with van der Waals surface area (Å²) in [5.41, 5.74) is 11.4. The molecule has 0 heterocycles. The smallest absolute Gasteiger partial charge is 0.303 e. The number of benzene rings is 1. The first-order valence-corrected chi connectivity index (χ1v) is 6.49. The van der Waals surface area contributed by atoms with E-state index >= 15 is 0 Å². The van der Waals surface area contributed by atoms with Gasteiger partial charge in [0.2, 0.25) is 0 Å². The van der Waals surface area contributed by atoms with E-state index in [1.807, 2.05) is 32.9 Å². The maximum Gasteiger partial charge on any atom is 0.303 e. The molecule has 0 spiro atoms. The van der Waals surface area contributed by atoms with Crippen LogP contribution in [0.15, 0.2) is 17.2 Å². The highest BCUT2D eigenvalue weighted by Crippen LogP contribution is 2.31. The van der Waals surface area contributed by atoms with Gasteiger partial charge >= 0.3 is 5.97 Å². The quantitative estimate of drug-likeness (QED) is 0.464. The first-order valence-electron chi connectivity index (χ1n) is 6.49. The number of azide groups is 1. The van der Waals surface area contributed by atoms with Crippen molar-refractivity contribution in [2.75, 3.05) is 6.61 Å². The number of carboxylic acid groups (broad SMARTS) is 1. The van der Waals surface area contributed by atoms with E-state index in [4.69, 9.17) is 15.4 Å². The summed E-state index contributed by atoms with van der Waals surface area (Å²) in [6, 6.07) is 3.33. The van der Waals surface area contributed by atoms with Crippen LogP contribution in [0.3, 0.4) is 0 Å². The highest BCUT2D eigenvalue weighted by atomic mass is 16.5. The van der Waals surface area contributed by atoms with Crippen LogP contribution in [0.25, 0.3) is 10.4 Å². The van der Waals surface area contributed by atoms with Crippen LogP contribution in [-0.2, 0) is 4.79 Å². The zero-order valence-corrected chi connectivity index (χ0v) is 12.0. The zero-order valence-electron chi connectivity index (χ0n) is 12.0. The minimum absolute atomic E-state index is 0.0324. The molecule has 0 aliphatic heterocycles. The van der Waals surface area contributed by atoms with E-state index in [2.05, 4.69) is 10.0 Å². The molecule has 1 aromatic carbocycles. The SMILES string of the molecule is CCOc1cc(C)c(C(CCC(=O)O)N=[N+]=[N-])cc1C. The second-order valence-electron chi connectivity index (χ2n) is 4.56. The highest BCUT2D eigenvalue weighted by molar-refractivity contribution is 5.66. The van der Waals surface area contributed by atoms with Gasteiger partial charge in [0.15, 0.2) is 0 Å². The Morgan fingerprint density at radius 2 is 2.15 bits per heavy atom. The summed E-state index contributed by atoms with van der Waals surface area (Å²) < 4.78 is 5.51. The van der Waals surface area contributed by atoms with Crippen molar-refractivity contribution in [3.63, 3.8) is 0 Å². The number of rotatable bonds is 7. The summed E-state index contributed by atoms with van der Waals surface area (Å²) in [6.45, 7) is 6.31. The van der Waals surface area contributed by atoms with Crippen molar-refractivity contribution in [1.29, 1.82) is 0 Å². The number of hydrogen-bond acceptors (Lipinski definition) is 3. The fraction of sp³-hybridized carbons (Fsp3) is 0.500. The minimum atomic E-state index is -0.900. The zero-order chi connectivity index (χ0) is 15.1. The van der Waals surface area contributed by atoms with Crippen LogP contribution in [-0.4, -0.2) is 17.7 Å². The van der Waals surface area contributed by atoms with Gasteiger partial charge in [-0.05, 0) is 55.5 Å². The molecule has 0 aliphatic rings. The summed E-state index contributed by atoms with van der Waals surface area (Å²) >= 11 is 0. The van der Waals surface area contributed by atoms with Crippen molar-refractivity contribution in [2.24, 2.45) is 5.11 Å². The third kappa shape index (κ3) is 4.17. The lowest BCUT2D eigenvalue weighted by molar-refractivity contribution is -0.137. The third-order valence-electron chi connectivity index (χ3n) is 3.05. The van der Waals surface area contributed by atoms with Crippen molar-refractivity contribution < 1.29 is 14.6 Å². The lowest BCUT2D eigenvalue weighted by atomic mass is 9.95. The van der Waals surface area contributed by atoms with Crippen molar-refractivity contribution in [3.05, 3.63) is 39.3 Å². The van der Waals surface area contributed by atoms with E-state index in [-0.39, 0.29) is 12.8 Å². The van der Waals surface area contributed by atoms with Gasteiger partial charge in [-0.2, -0.15) is 0 Å². The van der Waals surface area contributed by atoms with Gasteiger partial charge in [-0.3, -0.25) is 4.79 Å². The lowest BCUT2D eigenvalue weighted by Crippen LogP contribution is -2.04. The topological polar surface area (TPSA) is 95.3 Å². The fourth-order valence-corrected chi connectivity index (χ4v) is 2.08. The number of carboxylic acids is 1. The maximum atomic E-state index is 10.7. The Labute approximate surface area is 118 Å². The van der Waals surface area contributed by atoms with Crippen LogP contribution in [0.5, 0.6) is 5.75 Å². The van der Waals surface area contributed by atoms with Gasteiger partial charge in [0.25, 0.3) is 0 Å². The first kappa shape index (κ1) is 15.9. The van der Waals surface area contributed by atoms with Crippen molar-refractivity contribution >= 4 is 5.97 Å². The van der Waals surface area contributed by atoms with Gasteiger partial charge in [-0.1, -0.05) is 11.2 Å². The normalized spacial score (nSPS) is 11.6. The lowest BCUT2D eigenvalue weighted by Gasteiger charge is -2.17. The standard InChI is InChI=1S/C14H19N3O3/c1-4-20-13-8-9(2)11(7-10(13)3)12(16-17-15)5-6-14(18)19/h7-8,12H,4-6H2,1-3H3,(H,18,19). The molecule has 6 heteroatoms. The van der Waals surface area contributed by atoms with Gasteiger partial charge in [0.1, 0.15) is 5.75 Å².